The van der Waals surface area contributed by atoms with Gasteiger partial charge in [0.25, 0.3) is 0 Å². The highest BCUT2D eigenvalue weighted by atomic mass is 19.2. The molecule has 5 heteroatoms. The molecule has 1 aromatic rings. The molecule has 102 valence electrons. The van der Waals surface area contributed by atoms with Gasteiger partial charge in [0.15, 0.2) is 11.6 Å². The Bertz CT molecular complexity index is 554. The molecule has 1 aliphatic heterocycles. The zero-order chi connectivity index (χ0) is 13.6. The highest BCUT2D eigenvalue weighted by Crippen LogP contribution is 2.46. The van der Waals surface area contributed by atoms with Gasteiger partial charge in [-0.2, -0.15) is 4.39 Å². The van der Waals surface area contributed by atoms with Crippen LogP contribution in [0.2, 0.25) is 0 Å². The van der Waals surface area contributed by atoms with Crippen molar-refractivity contribution < 1.29 is 23.4 Å². The van der Waals surface area contributed by atoms with Crippen molar-refractivity contribution in [1.29, 1.82) is 0 Å². The first-order valence-corrected chi connectivity index (χ1v) is 6.46. The Hall–Kier alpha value is -1.65. The van der Waals surface area contributed by atoms with Gasteiger partial charge >= 0.3 is 5.97 Å². The number of carboxylic acid groups (broad SMARTS) is 1. The predicted molar refractivity (Wildman–Crippen MR) is 63.5 cm³/mol. The number of hydrogen-bond acceptors (Lipinski definition) is 2. The number of carboxylic acids is 1. The van der Waals surface area contributed by atoms with E-state index in [0.717, 1.165) is 11.1 Å². The van der Waals surface area contributed by atoms with Gasteiger partial charge in [-0.1, -0.05) is 0 Å². The maximum absolute atomic E-state index is 14.0. The first kappa shape index (κ1) is 12.4. The lowest BCUT2D eigenvalue weighted by molar-refractivity contribution is -0.137. The van der Waals surface area contributed by atoms with Crippen molar-refractivity contribution in [3.8, 4) is 5.75 Å². The largest absolute Gasteiger partial charge is 0.490 e. The van der Waals surface area contributed by atoms with Crippen LogP contribution in [0.5, 0.6) is 5.75 Å². The van der Waals surface area contributed by atoms with Crippen molar-refractivity contribution in [2.75, 3.05) is 6.61 Å². The molecule has 0 saturated carbocycles. The lowest BCUT2D eigenvalue weighted by Crippen LogP contribution is -2.04. The molecule has 0 aromatic heterocycles. The number of aliphatic carboxylic acids is 1. The van der Waals surface area contributed by atoms with Crippen LogP contribution in [0.4, 0.5) is 8.78 Å². The fourth-order valence-electron chi connectivity index (χ4n) is 3.23. The maximum Gasteiger partial charge on any atom is 0.303 e. The van der Waals surface area contributed by atoms with E-state index in [9.17, 15) is 13.6 Å². The Labute approximate surface area is 109 Å². The molecule has 1 heterocycles. The van der Waals surface area contributed by atoms with Gasteiger partial charge in [0.1, 0.15) is 0 Å². The zero-order valence-electron chi connectivity index (χ0n) is 10.3. The Morgan fingerprint density at radius 1 is 1.26 bits per heavy atom. The molecule has 1 aliphatic carbocycles. The second kappa shape index (κ2) is 4.47. The zero-order valence-corrected chi connectivity index (χ0v) is 10.3. The van der Waals surface area contributed by atoms with Crippen LogP contribution in [0.25, 0.3) is 0 Å². The van der Waals surface area contributed by atoms with Gasteiger partial charge in [0.05, 0.1) is 6.61 Å². The lowest BCUT2D eigenvalue weighted by atomic mass is 9.90. The summed E-state index contributed by atoms with van der Waals surface area (Å²) in [5, 5.41) is 8.76. The van der Waals surface area contributed by atoms with Crippen LogP contribution in [0.1, 0.15) is 41.9 Å². The third-order valence-electron chi connectivity index (χ3n) is 4.04. The van der Waals surface area contributed by atoms with E-state index in [4.69, 9.17) is 9.84 Å². The molecule has 0 unspecified atom stereocenters. The number of ether oxygens (including phenoxy) is 1. The Morgan fingerprint density at radius 2 is 2.05 bits per heavy atom. The molecule has 0 fully saturated rings. The molecule has 1 aromatic carbocycles. The monoisotopic (exact) mass is 268 g/mol. The molecular formula is C14H14F2O3. The van der Waals surface area contributed by atoms with E-state index >= 15 is 0 Å². The van der Waals surface area contributed by atoms with Gasteiger partial charge in [0.2, 0.25) is 5.82 Å². The topological polar surface area (TPSA) is 46.5 Å². The third kappa shape index (κ3) is 1.88. The van der Waals surface area contributed by atoms with Crippen molar-refractivity contribution in [2.24, 2.45) is 0 Å². The van der Waals surface area contributed by atoms with Crippen LogP contribution < -0.4 is 4.74 Å². The molecule has 1 atom stereocenters. The van der Waals surface area contributed by atoms with Crippen LogP contribution in [-0.2, 0) is 17.6 Å². The van der Waals surface area contributed by atoms with E-state index in [1.165, 1.54) is 0 Å². The normalized spacial score (nSPS) is 20.0. The van der Waals surface area contributed by atoms with Crippen molar-refractivity contribution in [3.05, 3.63) is 28.3 Å². The van der Waals surface area contributed by atoms with Gasteiger partial charge in [-0.15, -0.1) is 0 Å². The average molecular weight is 268 g/mol. The maximum atomic E-state index is 14.0. The lowest BCUT2D eigenvalue weighted by Gasteiger charge is -2.15. The fraction of sp³-hybridized carbons (Fsp3) is 0.500. The van der Waals surface area contributed by atoms with Crippen LogP contribution in [0.3, 0.4) is 0 Å². The smallest absolute Gasteiger partial charge is 0.303 e. The van der Waals surface area contributed by atoms with Crippen molar-refractivity contribution in [2.45, 2.75) is 38.0 Å². The van der Waals surface area contributed by atoms with Crippen LogP contribution in [0, 0.1) is 11.6 Å². The van der Waals surface area contributed by atoms with E-state index in [1.807, 2.05) is 0 Å². The number of benzene rings is 1. The summed E-state index contributed by atoms with van der Waals surface area (Å²) in [4.78, 5) is 10.7. The summed E-state index contributed by atoms with van der Waals surface area (Å²) in [6.45, 7) is 0.369. The molecule has 0 spiro atoms. The van der Waals surface area contributed by atoms with E-state index in [1.54, 1.807) is 0 Å². The Kier molecular flexibility index (Phi) is 2.92. The number of rotatable bonds is 3. The van der Waals surface area contributed by atoms with Crippen LogP contribution in [0.15, 0.2) is 0 Å². The molecule has 0 amide bonds. The SMILES string of the molecule is O=C(O)CC[C@@H]1CCc2c(F)c(F)c3c(c21)CCO3. The predicted octanol–water partition coefficient (Wildman–Crippen LogP) is 2.79. The molecule has 3 nitrogen and oxygen atoms in total. The quantitative estimate of drug-likeness (QED) is 0.917. The summed E-state index contributed by atoms with van der Waals surface area (Å²) in [5.41, 5.74) is 1.99. The minimum absolute atomic E-state index is 0.0108. The minimum Gasteiger partial charge on any atom is -0.490 e. The van der Waals surface area contributed by atoms with Crippen molar-refractivity contribution in [3.63, 3.8) is 0 Å². The molecule has 0 saturated heterocycles. The van der Waals surface area contributed by atoms with Gasteiger partial charge in [-0.3, -0.25) is 4.79 Å². The molecule has 19 heavy (non-hydrogen) atoms. The molecule has 3 rings (SSSR count). The van der Waals surface area contributed by atoms with Gasteiger partial charge in [0, 0.05) is 18.4 Å². The molecular weight excluding hydrogens is 254 g/mol. The van der Waals surface area contributed by atoms with Crippen LogP contribution in [-0.4, -0.2) is 17.7 Å². The Morgan fingerprint density at radius 3 is 2.79 bits per heavy atom. The van der Waals surface area contributed by atoms with Crippen LogP contribution >= 0.6 is 0 Å². The molecule has 0 radical (unpaired) electrons. The fourth-order valence-corrected chi connectivity index (χ4v) is 3.23. The molecule has 0 bridgehead atoms. The second-order valence-corrected chi connectivity index (χ2v) is 5.09. The summed E-state index contributed by atoms with van der Waals surface area (Å²) in [5.74, 6) is -2.50. The molecule has 2 aliphatic rings. The summed E-state index contributed by atoms with van der Waals surface area (Å²) >= 11 is 0. The number of hydrogen-bond donors (Lipinski definition) is 1. The van der Waals surface area contributed by atoms with Crippen molar-refractivity contribution >= 4 is 5.97 Å². The second-order valence-electron chi connectivity index (χ2n) is 5.09. The number of halogens is 2. The summed E-state index contributed by atoms with van der Waals surface area (Å²) in [7, 11) is 0. The summed E-state index contributed by atoms with van der Waals surface area (Å²) in [6, 6.07) is 0. The van der Waals surface area contributed by atoms with E-state index < -0.39 is 17.6 Å². The first-order valence-electron chi connectivity index (χ1n) is 6.46. The van der Waals surface area contributed by atoms with Crippen molar-refractivity contribution in [1.82, 2.24) is 0 Å². The van der Waals surface area contributed by atoms with E-state index in [-0.39, 0.29) is 18.1 Å². The van der Waals surface area contributed by atoms with E-state index in [0.29, 0.717) is 37.9 Å². The highest BCUT2D eigenvalue weighted by Gasteiger charge is 2.35. The van der Waals surface area contributed by atoms with Gasteiger partial charge in [-0.25, -0.2) is 4.39 Å². The van der Waals surface area contributed by atoms with Gasteiger partial charge < -0.3 is 9.84 Å². The number of fused-ring (bicyclic) bond motifs is 3. The summed E-state index contributed by atoms with van der Waals surface area (Å²) in [6.07, 6.45) is 2.28. The minimum atomic E-state index is -0.884. The standard InChI is InChI=1S/C14H14F2O3/c15-12-8-3-1-7(2-4-10(17)18)11(8)9-5-6-19-14(9)13(12)16/h7H,1-6H2,(H,17,18)/t7-/m0/s1. The average Bonchev–Trinajstić information content (AvgIpc) is 2.99. The van der Waals surface area contributed by atoms with Gasteiger partial charge in [-0.05, 0) is 36.3 Å². The summed E-state index contributed by atoms with van der Waals surface area (Å²) < 4.78 is 32.9. The Balaban J connectivity index is 2.03. The number of carbonyl (C=O) groups is 1. The molecule has 1 N–H and O–H groups in total. The highest BCUT2D eigenvalue weighted by molar-refractivity contribution is 5.67. The van der Waals surface area contributed by atoms with E-state index in [2.05, 4.69) is 0 Å². The third-order valence-corrected chi connectivity index (χ3v) is 4.04. The first-order chi connectivity index (χ1) is 9.09.